The van der Waals surface area contributed by atoms with E-state index in [4.69, 9.17) is 11.6 Å². The maximum absolute atomic E-state index is 13.5. The molecule has 6 rings (SSSR count). The molecular formula is C28H16ClN3O3S. The van der Waals surface area contributed by atoms with E-state index in [2.05, 4.69) is 10.4 Å². The van der Waals surface area contributed by atoms with Gasteiger partial charge in [-0.15, -0.1) is 11.3 Å². The minimum atomic E-state index is -0.433. The second kappa shape index (κ2) is 8.71. The molecule has 8 heteroatoms. The van der Waals surface area contributed by atoms with Crippen molar-refractivity contribution in [1.82, 2.24) is 9.78 Å². The summed E-state index contributed by atoms with van der Waals surface area (Å²) in [5.41, 5.74) is 2.88. The minimum Gasteiger partial charge on any atom is -0.320 e. The molecule has 0 radical (unpaired) electrons. The van der Waals surface area contributed by atoms with E-state index in [1.807, 2.05) is 47.8 Å². The van der Waals surface area contributed by atoms with Gasteiger partial charge in [-0.25, -0.2) is 4.68 Å². The topological polar surface area (TPSA) is 81.1 Å². The lowest BCUT2D eigenvalue weighted by Crippen LogP contribution is -2.22. The van der Waals surface area contributed by atoms with Crippen LogP contribution >= 0.6 is 22.9 Å². The number of ketones is 2. The molecule has 0 spiro atoms. The number of nitrogens with zero attached hydrogens (tertiary/aromatic N) is 2. The van der Waals surface area contributed by atoms with Gasteiger partial charge in [-0.2, -0.15) is 5.10 Å². The number of amides is 1. The quantitative estimate of drug-likeness (QED) is 0.303. The van der Waals surface area contributed by atoms with Crippen LogP contribution in [-0.2, 0) is 0 Å². The number of thiophene rings is 1. The highest BCUT2D eigenvalue weighted by atomic mass is 35.5. The van der Waals surface area contributed by atoms with Crippen molar-refractivity contribution in [3.63, 3.8) is 0 Å². The van der Waals surface area contributed by atoms with Gasteiger partial charge < -0.3 is 5.32 Å². The smallest absolute Gasteiger partial charge is 0.259 e. The van der Waals surface area contributed by atoms with Crippen molar-refractivity contribution in [2.75, 3.05) is 5.32 Å². The fourth-order valence-electron chi connectivity index (χ4n) is 4.28. The third-order valence-electron chi connectivity index (χ3n) is 6.01. The van der Waals surface area contributed by atoms with Crippen LogP contribution in [0.3, 0.4) is 0 Å². The Bertz CT molecular complexity index is 1670. The summed E-state index contributed by atoms with van der Waals surface area (Å²) in [6.45, 7) is 0. The molecule has 36 heavy (non-hydrogen) atoms. The number of halogens is 1. The molecule has 1 aliphatic carbocycles. The van der Waals surface area contributed by atoms with Gasteiger partial charge in [0.2, 0.25) is 0 Å². The molecule has 0 unspecified atom stereocenters. The fourth-order valence-corrected chi connectivity index (χ4v) is 5.30. The molecule has 174 valence electrons. The molecule has 5 aromatic rings. The molecule has 0 aliphatic heterocycles. The molecule has 3 aromatic carbocycles. The lowest BCUT2D eigenvalue weighted by atomic mass is 9.84. The monoisotopic (exact) mass is 509 g/mol. The van der Waals surface area contributed by atoms with Crippen molar-refractivity contribution in [1.29, 1.82) is 0 Å². The van der Waals surface area contributed by atoms with Crippen molar-refractivity contribution in [3.05, 3.63) is 123 Å². The van der Waals surface area contributed by atoms with Crippen LogP contribution < -0.4 is 5.32 Å². The van der Waals surface area contributed by atoms with Crippen molar-refractivity contribution < 1.29 is 14.4 Å². The average Bonchev–Trinajstić information content (AvgIpc) is 3.59. The maximum atomic E-state index is 13.5. The first-order valence-electron chi connectivity index (χ1n) is 11.0. The highest BCUT2D eigenvalue weighted by Crippen LogP contribution is 2.37. The van der Waals surface area contributed by atoms with Crippen LogP contribution in [0.4, 0.5) is 5.69 Å². The van der Waals surface area contributed by atoms with Crippen LogP contribution in [0.15, 0.2) is 90.4 Å². The van der Waals surface area contributed by atoms with E-state index >= 15 is 0 Å². The Morgan fingerprint density at radius 1 is 0.833 bits per heavy atom. The fraction of sp³-hybridized carbons (Fsp3) is 0. The molecular weight excluding hydrogens is 494 g/mol. The van der Waals surface area contributed by atoms with Gasteiger partial charge in [0, 0.05) is 22.9 Å². The number of carbonyl (C=O) groups excluding carboxylic acids is 3. The van der Waals surface area contributed by atoms with E-state index in [-0.39, 0.29) is 33.4 Å². The minimum absolute atomic E-state index is 0.0295. The van der Waals surface area contributed by atoms with Gasteiger partial charge in [-0.1, -0.05) is 60.1 Å². The van der Waals surface area contributed by atoms with Gasteiger partial charge in [0.25, 0.3) is 5.91 Å². The van der Waals surface area contributed by atoms with Crippen molar-refractivity contribution >= 4 is 46.1 Å². The molecule has 2 heterocycles. The number of hydrogen-bond acceptors (Lipinski definition) is 5. The zero-order valence-corrected chi connectivity index (χ0v) is 20.1. The first kappa shape index (κ1) is 22.2. The van der Waals surface area contributed by atoms with Gasteiger partial charge in [0.05, 0.1) is 32.4 Å². The first-order valence-corrected chi connectivity index (χ1v) is 12.3. The van der Waals surface area contributed by atoms with E-state index < -0.39 is 5.91 Å². The molecule has 6 nitrogen and oxygen atoms in total. The molecule has 1 aliphatic rings. The van der Waals surface area contributed by atoms with Crippen molar-refractivity contribution in [2.45, 2.75) is 0 Å². The Labute approximate surface area is 214 Å². The average molecular weight is 510 g/mol. The molecule has 0 bridgehead atoms. The summed E-state index contributed by atoms with van der Waals surface area (Å²) in [6, 6.07) is 23.0. The van der Waals surface area contributed by atoms with Crippen LogP contribution in [-0.4, -0.2) is 27.3 Å². The number of hydrogen-bond donors (Lipinski definition) is 1. The summed E-state index contributed by atoms with van der Waals surface area (Å²) in [6.07, 6.45) is 1.66. The van der Waals surface area contributed by atoms with Crippen LogP contribution in [0.1, 0.15) is 42.2 Å². The third-order valence-corrected chi connectivity index (χ3v) is 7.28. The standard InChI is InChI=1S/C28H16ClN3O3S/c29-24-21(13-12-19-23(24)27(34)18-10-5-4-9-17(18)26(19)33)30-28(35)20-15-32(16-7-2-1-3-8-16)31-25(20)22-11-6-14-36-22/h1-15H,(H,30,35). The Morgan fingerprint density at radius 2 is 1.56 bits per heavy atom. The Kier molecular flexibility index (Phi) is 5.36. The van der Waals surface area contributed by atoms with Gasteiger partial charge >= 0.3 is 0 Å². The van der Waals surface area contributed by atoms with E-state index in [9.17, 15) is 14.4 Å². The number of nitrogens with one attached hydrogen (secondary N) is 1. The molecule has 2 aromatic heterocycles. The number of carbonyl (C=O) groups is 3. The van der Waals surface area contributed by atoms with E-state index in [0.29, 0.717) is 22.4 Å². The van der Waals surface area contributed by atoms with Crippen molar-refractivity contribution in [3.8, 4) is 16.3 Å². The maximum Gasteiger partial charge on any atom is 0.259 e. The Morgan fingerprint density at radius 3 is 2.28 bits per heavy atom. The number of rotatable bonds is 4. The zero-order chi connectivity index (χ0) is 24.8. The highest BCUT2D eigenvalue weighted by Gasteiger charge is 2.32. The first-order chi connectivity index (χ1) is 17.5. The highest BCUT2D eigenvalue weighted by molar-refractivity contribution is 7.13. The van der Waals surface area contributed by atoms with Gasteiger partial charge in [-0.05, 0) is 35.7 Å². The number of anilines is 1. The summed E-state index contributed by atoms with van der Waals surface area (Å²) < 4.78 is 1.65. The third kappa shape index (κ3) is 3.57. The lowest BCUT2D eigenvalue weighted by molar-refractivity contribution is 0.0979. The summed E-state index contributed by atoms with van der Waals surface area (Å²) >= 11 is 8.09. The second-order valence-electron chi connectivity index (χ2n) is 8.16. The summed E-state index contributed by atoms with van der Waals surface area (Å²) in [5, 5.41) is 9.43. The Hall–Kier alpha value is -4.33. The van der Waals surface area contributed by atoms with Gasteiger partial charge in [0.15, 0.2) is 11.6 Å². The van der Waals surface area contributed by atoms with E-state index in [0.717, 1.165) is 10.6 Å². The number of para-hydroxylation sites is 1. The van der Waals surface area contributed by atoms with Crippen LogP contribution in [0.25, 0.3) is 16.3 Å². The molecule has 0 atom stereocenters. The lowest BCUT2D eigenvalue weighted by Gasteiger charge is -2.20. The summed E-state index contributed by atoms with van der Waals surface area (Å²) in [5.74, 6) is -1.06. The normalized spacial score (nSPS) is 12.2. The predicted octanol–water partition coefficient (Wildman–Crippen LogP) is 6.28. The molecule has 0 fully saturated rings. The Balaban J connectivity index is 1.39. The number of aromatic nitrogens is 2. The zero-order valence-electron chi connectivity index (χ0n) is 18.6. The molecule has 1 N–H and O–H groups in total. The predicted molar refractivity (Wildman–Crippen MR) is 140 cm³/mol. The van der Waals surface area contributed by atoms with Crippen LogP contribution in [0, 0.1) is 0 Å². The van der Waals surface area contributed by atoms with Crippen LogP contribution in [0.2, 0.25) is 5.02 Å². The molecule has 0 saturated heterocycles. The van der Waals surface area contributed by atoms with Gasteiger partial charge in [0.1, 0.15) is 5.69 Å². The van der Waals surface area contributed by atoms with E-state index in [1.165, 1.54) is 17.4 Å². The number of fused-ring (bicyclic) bond motifs is 2. The van der Waals surface area contributed by atoms with Crippen LogP contribution in [0.5, 0.6) is 0 Å². The number of benzene rings is 3. The molecule has 0 saturated carbocycles. The van der Waals surface area contributed by atoms with Crippen molar-refractivity contribution in [2.24, 2.45) is 0 Å². The largest absolute Gasteiger partial charge is 0.320 e. The van der Waals surface area contributed by atoms with E-state index in [1.54, 1.807) is 41.2 Å². The van der Waals surface area contributed by atoms with Gasteiger partial charge in [-0.3, -0.25) is 14.4 Å². The molecule has 1 amide bonds. The SMILES string of the molecule is O=C(Nc1ccc2c(c1Cl)C(=O)c1ccccc1C2=O)c1cn(-c2ccccc2)nc1-c1cccs1. The second-order valence-corrected chi connectivity index (χ2v) is 9.48. The summed E-state index contributed by atoms with van der Waals surface area (Å²) in [4.78, 5) is 40.5. The summed E-state index contributed by atoms with van der Waals surface area (Å²) in [7, 11) is 0.